The van der Waals surface area contributed by atoms with E-state index in [0.29, 0.717) is 17.9 Å². The number of hydrogen-bond acceptors (Lipinski definition) is 2. The largest absolute Gasteiger partial charge is 0.391 e. The van der Waals surface area contributed by atoms with Crippen LogP contribution in [0.5, 0.6) is 0 Å². The standard InChI is InChI=1S/C13H27NO/c1-5-7-14(6-2)13-11(4)8-10(3)9-12(13)15/h10-13,15H,5-9H2,1-4H3. The first kappa shape index (κ1) is 13.0. The first-order valence-corrected chi connectivity index (χ1v) is 6.52. The minimum absolute atomic E-state index is 0.116. The minimum atomic E-state index is -0.116. The Morgan fingerprint density at radius 1 is 1.20 bits per heavy atom. The molecule has 0 aromatic heterocycles. The molecule has 0 radical (unpaired) electrons. The van der Waals surface area contributed by atoms with Gasteiger partial charge >= 0.3 is 0 Å². The highest BCUT2D eigenvalue weighted by atomic mass is 16.3. The van der Waals surface area contributed by atoms with Gasteiger partial charge in [0, 0.05) is 6.04 Å². The van der Waals surface area contributed by atoms with E-state index in [1.165, 1.54) is 12.8 Å². The summed E-state index contributed by atoms with van der Waals surface area (Å²) in [5, 5.41) is 10.2. The lowest BCUT2D eigenvalue weighted by molar-refractivity contribution is -0.0224. The van der Waals surface area contributed by atoms with E-state index in [1.807, 2.05) is 0 Å². The molecule has 1 fully saturated rings. The fraction of sp³-hybridized carbons (Fsp3) is 1.00. The van der Waals surface area contributed by atoms with Crippen molar-refractivity contribution in [2.75, 3.05) is 13.1 Å². The molecule has 1 aliphatic rings. The SMILES string of the molecule is CCCN(CC)C1C(C)CC(C)CC1O. The Bertz CT molecular complexity index is 171. The van der Waals surface area contributed by atoms with Crippen molar-refractivity contribution in [2.24, 2.45) is 11.8 Å². The molecule has 0 amide bonds. The lowest BCUT2D eigenvalue weighted by Gasteiger charge is -2.43. The van der Waals surface area contributed by atoms with Crippen LogP contribution in [0.15, 0.2) is 0 Å². The van der Waals surface area contributed by atoms with E-state index in [-0.39, 0.29) is 6.10 Å². The molecule has 90 valence electrons. The molecule has 0 heterocycles. The second-order valence-corrected chi connectivity index (χ2v) is 5.24. The van der Waals surface area contributed by atoms with Crippen LogP contribution >= 0.6 is 0 Å². The van der Waals surface area contributed by atoms with Crippen LogP contribution in [0.3, 0.4) is 0 Å². The average molecular weight is 213 g/mol. The molecular formula is C13H27NO. The van der Waals surface area contributed by atoms with Crippen LogP contribution in [0.2, 0.25) is 0 Å². The van der Waals surface area contributed by atoms with Crippen molar-refractivity contribution in [1.82, 2.24) is 4.90 Å². The number of likely N-dealkylation sites (N-methyl/N-ethyl adjacent to an activating group) is 1. The molecule has 1 N–H and O–H groups in total. The number of hydrogen-bond donors (Lipinski definition) is 1. The zero-order valence-corrected chi connectivity index (χ0v) is 10.7. The van der Waals surface area contributed by atoms with Gasteiger partial charge in [0.25, 0.3) is 0 Å². The lowest BCUT2D eigenvalue weighted by atomic mass is 9.77. The summed E-state index contributed by atoms with van der Waals surface area (Å²) in [6.45, 7) is 11.2. The van der Waals surface area contributed by atoms with Crippen molar-refractivity contribution in [3.8, 4) is 0 Å². The van der Waals surface area contributed by atoms with Gasteiger partial charge in [-0.3, -0.25) is 4.90 Å². The Kier molecular flexibility index (Phi) is 5.07. The monoisotopic (exact) mass is 213 g/mol. The number of aliphatic hydroxyl groups is 1. The number of rotatable bonds is 4. The first-order chi connectivity index (χ1) is 7.10. The van der Waals surface area contributed by atoms with Crippen LogP contribution in [-0.2, 0) is 0 Å². The lowest BCUT2D eigenvalue weighted by Crippen LogP contribution is -2.51. The molecule has 0 saturated heterocycles. The Hall–Kier alpha value is -0.0800. The molecular weight excluding hydrogens is 186 g/mol. The van der Waals surface area contributed by atoms with Crippen LogP contribution in [0, 0.1) is 11.8 Å². The summed E-state index contributed by atoms with van der Waals surface area (Å²) in [7, 11) is 0. The fourth-order valence-electron chi connectivity index (χ4n) is 3.21. The van der Waals surface area contributed by atoms with E-state index >= 15 is 0 Å². The molecule has 0 aromatic carbocycles. The Morgan fingerprint density at radius 2 is 1.87 bits per heavy atom. The van der Waals surface area contributed by atoms with Crippen LogP contribution in [0.1, 0.15) is 47.0 Å². The molecule has 2 heteroatoms. The summed E-state index contributed by atoms with van der Waals surface area (Å²) in [5.74, 6) is 1.32. The second-order valence-electron chi connectivity index (χ2n) is 5.24. The normalized spacial score (nSPS) is 37.2. The molecule has 2 nitrogen and oxygen atoms in total. The molecule has 4 unspecified atom stereocenters. The van der Waals surface area contributed by atoms with Gasteiger partial charge in [-0.15, -0.1) is 0 Å². The van der Waals surface area contributed by atoms with Crippen LogP contribution < -0.4 is 0 Å². The third kappa shape index (κ3) is 3.18. The van der Waals surface area contributed by atoms with Crippen LogP contribution in [0.25, 0.3) is 0 Å². The molecule has 15 heavy (non-hydrogen) atoms. The summed E-state index contributed by atoms with van der Waals surface area (Å²) in [6, 6.07) is 0.395. The Balaban J connectivity index is 2.64. The van der Waals surface area contributed by atoms with Crippen molar-refractivity contribution in [2.45, 2.75) is 59.1 Å². The Morgan fingerprint density at radius 3 is 2.33 bits per heavy atom. The summed E-state index contributed by atoms with van der Waals surface area (Å²) in [5.41, 5.74) is 0. The highest BCUT2D eigenvalue weighted by Crippen LogP contribution is 2.32. The zero-order chi connectivity index (χ0) is 11.4. The van der Waals surface area contributed by atoms with Crippen LogP contribution in [0.4, 0.5) is 0 Å². The average Bonchev–Trinajstić information content (AvgIpc) is 2.14. The number of aliphatic hydroxyl groups excluding tert-OH is 1. The zero-order valence-electron chi connectivity index (χ0n) is 10.7. The maximum atomic E-state index is 10.2. The van der Waals surface area contributed by atoms with Gasteiger partial charge in [0.15, 0.2) is 0 Å². The summed E-state index contributed by atoms with van der Waals surface area (Å²) >= 11 is 0. The molecule has 1 aliphatic carbocycles. The maximum absolute atomic E-state index is 10.2. The minimum Gasteiger partial charge on any atom is -0.391 e. The van der Waals surface area contributed by atoms with Gasteiger partial charge in [-0.2, -0.15) is 0 Å². The van der Waals surface area contributed by atoms with Gasteiger partial charge in [0.1, 0.15) is 0 Å². The van der Waals surface area contributed by atoms with Crippen molar-refractivity contribution in [3.63, 3.8) is 0 Å². The third-order valence-corrected chi connectivity index (χ3v) is 3.73. The van der Waals surface area contributed by atoms with Gasteiger partial charge in [0.05, 0.1) is 6.10 Å². The highest BCUT2D eigenvalue weighted by Gasteiger charge is 2.35. The van der Waals surface area contributed by atoms with E-state index in [4.69, 9.17) is 0 Å². The van der Waals surface area contributed by atoms with Crippen LogP contribution in [-0.4, -0.2) is 35.2 Å². The van der Waals surface area contributed by atoms with E-state index in [9.17, 15) is 5.11 Å². The van der Waals surface area contributed by atoms with E-state index < -0.39 is 0 Å². The first-order valence-electron chi connectivity index (χ1n) is 6.52. The third-order valence-electron chi connectivity index (χ3n) is 3.73. The quantitative estimate of drug-likeness (QED) is 0.775. The topological polar surface area (TPSA) is 23.5 Å². The van der Waals surface area contributed by atoms with Crippen molar-refractivity contribution < 1.29 is 5.11 Å². The van der Waals surface area contributed by atoms with E-state index in [1.54, 1.807) is 0 Å². The molecule has 0 aromatic rings. The maximum Gasteiger partial charge on any atom is 0.0700 e. The van der Waals surface area contributed by atoms with Gasteiger partial charge in [-0.1, -0.05) is 27.7 Å². The second kappa shape index (κ2) is 5.86. The molecule has 0 bridgehead atoms. The predicted octanol–water partition coefficient (Wildman–Crippen LogP) is 2.51. The van der Waals surface area contributed by atoms with E-state index in [0.717, 1.165) is 19.5 Å². The molecule has 1 saturated carbocycles. The number of nitrogens with zero attached hydrogens (tertiary/aromatic N) is 1. The van der Waals surface area contributed by atoms with Crippen molar-refractivity contribution in [1.29, 1.82) is 0 Å². The van der Waals surface area contributed by atoms with Gasteiger partial charge in [-0.25, -0.2) is 0 Å². The van der Waals surface area contributed by atoms with Crippen molar-refractivity contribution >= 4 is 0 Å². The van der Waals surface area contributed by atoms with E-state index in [2.05, 4.69) is 32.6 Å². The summed E-state index contributed by atoms with van der Waals surface area (Å²) < 4.78 is 0. The highest BCUT2D eigenvalue weighted by molar-refractivity contribution is 4.89. The molecule has 1 rings (SSSR count). The van der Waals surface area contributed by atoms with Gasteiger partial charge in [0.2, 0.25) is 0 Å². The van der Waals surface area contributed by atoms with Gasteiger partial charge in [-0.05, 0) is 44.2 Å². The summed E-state index contributed by atoms with van der Waals surface area (Å²) in [4.78, 5) is 2.46. The molecule has 0 aliphatic heterocycles. The van der Waals surface area contributed by atoms with Gasteiger partial charge < -0.3 is 5.11 Å². The fourth-order valence-corrected chi connectivity index (χ4v) is 3.21. The molecule has 4 atom stereocenters. The predicted molar refractivity (Wildman–Crippen MR) is 64.9 cm³/mol. The molecule has 0 spiro atoms. The smallest absolute Gasteiger partial charge is 0.0700 e. The Labute approximate surface area is 94.7 Å². The van der Waals surface area contributed by atoms with Crippen molar-refractivity contribution in [3.05, 3.63) is 0 Å². The summed E-state index contributed by atoms with van der Waals surface area (Å²) in [6.07, 6.45) is 3.31.